The van der Waals surface area contributed by atoms with Gasteiger partial charge in [-0.25, -0.2) is 13.1 Å². The van der Waals surface area contributed by atoms with Crippen molar-refractivity contribution >= 4 is 27.2 Å². The average Bonchev–Trinajstić information content (AvgIpc) is 2.58. The minimum Gasteiger partial charge on any atom is -0.311 e. The first-order valence-electron chi connectivity index (χ1n) is 7.08. The Morgan fingerprint density at radius 2 is 1.77 bits per heavy atom. The molecule has 0 bridgehead atoms. The van der Waals surface area contributed by atoms with Gasteiger partial charge >= 0.3 is 0 Å². The molecule has 1 aromatic carbocycles. The number of hydrogen-bond donors (Lipinski definition) is 1. The summed E-state index contributed by atoms with van der Waals surface area (Å²) >= 11 is 0. The number of sulfonamides is 1. The van der Waals surface area contributed by atoms with Crippen LogP contribution in [0.4, 0.5) is 5.69 Å². The molecule has 0 fully saturated rings. The molecule has 1 amide bonds. The molecule has 0 spiro atoms. The van der Waals surface area contributed by atoms with Crippen LogP contribution in [0.25, 0.3) is 5.57 Å². The summed E-state index contributed by atoms with van der Waals surface area (Å²) in [7, 11) is -1.93. The van der Waals surface area contributed by atoms with Gasteiger partial charge in [0.2, 0.25) is 10.0 Å². The van der Waals surface area contributed by atoms with Gasteiger partial charge in [-0.2, -0.15) is 0 Å². The van der Waals surface area contributed by atoms with Crippen LogP contribution in [0.1, 0.15) is 40.2 Å². The van der Waals surface area contributed by atoms with E-state index in [-0.39, 0.29) is 10.8 Å². The van der Waals surface area contributed by atoms with Gasteiger partial charge in [-0.3, -0.25) is 4.79 Å². The predicted molar refractivity (Wildman–Crippen MR) is 88.2 cm³/mol. The number of allylic oxidation sites excluding steroid dienone is 1. The largest absolute Gasteiger partial charge is 0.311 e. The zero-order chi connectivity index (χ0) is 16.9. The van der Waals surface area contributed by atoms with E-state index in [2.05, 4.69) is 4.72 Å². The highest BCUT2D eigenvalue weighted by Gasteiger charge is 2.32. The van der Waals surface area contributed by atoms with Gasteiger partial charge in [0.15, 0.2) is 0 Å². The molecule has 0 saturated carbocycles. The molecule has 2 rings (SSSR count). The van der Waals surface area contributed by atoms with Gasteiger partial charge < -0.3 is 4.90 Å². The van der Waals surface area contributed by atoms with Crippen molar-refractivity contribution in [3.8, 4) is 0 Å². The second-order valence-corrected chi connectivity index (χ2v) is 8.46. The van der Waals surface area contributed by atoms with Crippen molar-refractivity contribution in [3.05, 3.63) is 29.3 Å². The summed E-state index contributed by atoms with van der Waals surface area (Å²) < 4.78 is 27.6. The van der Waals surface area contributed by atoms with Gasteiger partial charge in [0.1, 0.15) is 0 Å². The Morgan fingerprint density at radius 3 is 2.27 bits per heavy atom. The summed E-state index contributed by atoms with van der Waals surface area (Å²) in [6.45, 7) is 9.07. The van der Waals surface area contributed by atoms with Crippen LogP contribution in [0.15, 0.2) is 28.7 Å². The quantitative estimate of drug-likeness (QED) is 0.851. The fraction of sp³-hybridized carbons (Fsp3) is 0.438. The lowest BCUT2D eigenvalue weighted by Crippen LogP contribution is -2.40. The van der Waals surface area contributed by atoms with Crippen molar-refractivity contribution in [2.24, 2.45) is 0 Å². The third-order valence-corrected chi connectivity index (χ3v) is 5.12. The van der Waals surface area contributed by atoms with Gasteiger partial charge in [0.05, 0.1) is 10.6 Å². The Morgan fingerprint density at radius 1 is 1.18 bits per heavy atom. The summed E-state index contributed by atoms with van der Waals surface area (Å²) in [4.78, 5) is 14.0. The maximum Gasteiger partial charge on any atom is 0.258 e. The van der Waals surface area contributed by atoms with Crippen LogP contribution in [0.2, 0.25) is 0 Å². The van der Waals surface area contributed by atoms with Crippen LogP contribution >= 0.6 is 0 Å². The van der Waals surface area contributed by atoms with Crippen LogP contribution in [0.3, 0.4) is 0 Å². The van der Waals surface area contributed by atoms with Gasteiger partial charge in [0, 0.05) is 23.7 Å². The van der Waals surface area contributed by atoms with E-state index in [9.17, 15) is 13.2 Å². The SMILES string of the molecule is CC(C)=C1C(=O)N(C)c2ccc(S(=O)(=O)NC(C)(C)C)cc21. The number of likely N-dealkylation sites (N-methyl/N-ethyl adjacent to an activating group) is 1. The predicted octanol–water partition coefficient (Wildman–Crippen LogP) is 2.53. The van der Waals surface area contributed by atoms with E-state index in [1.807, 2.05) is 13.8 Å². The van der Waals surface area contributed by atoms with Gasteiger partial charge in [-0.1, -0.05) is 5.57 Å². The van der Waals surface area contributed by atoms with Crippen molar-refractivity contribution in [2.45, 2.75) is 45.1 Å². The van der Waals surface area contributed by atoms with Crippen LogP contribution in [-0.2, 0) is 14.8 Å². The highest BCUT2D eigenvalue weighted by atomic mass is 32.2. The van der Waals surface area contributed by atoms with Crippen molar-refractivity contribution in [2.75, 3.05) is 11.9 Å². The van der Waals surface area contributed by atoms with E-state index in [1.165, 1.54) is 6.07 Å². The lowest BCUT2D eigenvalue weighted by molar-refractivity contribution is -0.112. The molecular formula is C16H22N2O3S. The smallest absolute Gasteiger partial charge is 0.258 e. The Hall–Kier alpha value is -1.66. The summed E-state index contributed by atoms with van der Waals surface area (Å²) in [6.07, 6.45) is 0. The Kier molecular flexibility index (Phi) is 3.96. The Balaban J connectivity index is 2.59. The van der Waals surface area contributed by atoms with Crippen molar-refractivity contribution in [1.82, 2.24) is 4.72 Å². The number of fused-ring (bicyclic) bond motifs is 1. The fourth-order valence-electron chi connectivity index (χ4n) is 2.51. The number of rotatable bonds is 2. The third kappa shape index (κ3) is 2.94. The summed E-state index contributed by atoms with van der Waals surface area (Å²) in [6, 6.07) is 4.79. The fourth-order valence-corrected chi connectivity index (χ4v) is 3.96. The molecule has 5 nitrogen and oxygen atoms in total. The zero-order valence-electron chi connectivity index (χ0n) is 13.8. The van der Waals surface area contributed by atoms with Gasteiger partial charge in [-0.05, 0) is 52.8 Å². The molecule has 1 heterocycles. The number of carbonyl (C=O) groups is 1. The van der Waals surface area contributed by atoms with Crippen molar-refractivity contribution in [3.63, 3.8) is 0 Å². The lowest BCUT2D eigenvalue weighted by Gasteiger charge is -2.20. The Bertz CT molecular complexity index is 767. The highest BCUT2D eigenvalue weighted by Crippen LogP contribution is 2.38. The van der Waals surface area contributed by atoms with Crippen molar-refractivity contribution < 1.29 is 13.2 Å². The second kappa shape index (κ2) is 5.21. The van der Waals surface area contributed by atoms with E-state index in [1.54, 1.807) is 44.9 Å². The molecule has 0 aromatic heterocycles. The number of hydrogen-bond acceptors (Lipinski definition) is 3. The second-order valence-electron chi connectivity index (χ2n) is 6.77. The monoisotopic (exact) mass is 322 g/mol. The third-order valence-electron chi connectivity index (χ3n) is 3.37. The van der Waals surface area contributed by atoms with E-state index in [0.29, 0.717) is 11.1 Å². The maximum absolute atomic E-state index is 12.5. The average molecular weight is 322 g/mol. The highest BCUT2D eigenvalue weighted by molar-refractivity contribution is 7.89. The van der Waals surface area contributed by atoms with Crippen LogP contribution in [-0.4, -0.2) is 26.9 Å². The van der Waals surface area contributed by atoms with Gasteiger partial charge in [-0.15, -0.1) is 0 Å². The number of amides is 1. The normalized spacial score (nSPS) is 15.3. The van der Waals surface area contributed by atoms with Crippen LogP contribution in [0.5, 0.6) is 0 Å². The number of benzene rings is 1. The number of nitrogens with zero attached hydrogens (tertiary/aromatic N) is 1. The molecule has 0 unspecified atom stereocenters. The van der Waals surface area contributed by atoms with Crippen LogP contribution < -0.4 is 9.62 Å². The molecule has 0 radical (unpaired) electrons. The molecule has 1 aromatic rings. The van der Waals surface area contributed by atoms with E-state index in [0.717, 1.165) is 11.3 Å². The maximum atomic E-state index is 12.5. The summed E-state index contributed by atoms with van der Waals surface area (Å²) in [5.74, 6) is -0.103. The molecule has 1 N–H and O–H groups in total. The van der Waals surface area contributed by atoms with Gasteiger partial charge in [0.25, 0.3) is 5.91 Å². The molecule has 0 aliphatic carbocycles. The zero-order valence-corrected chi connectivity index (χ0v) is 14.6. The number of carbonyl (C=O) groups excluding carboxylic acids is 1. The molecule has 0 saturated heterocycles. The Labute approximate surface area is 132 Å². The van der Waals surface area contributed by atoms with E-state index >= 15 is 0 Å². The number of nitrogens with one attached hydrogen (secondary N) is 1. The molecule has 0 atom stereocenters. The molecule has 1 aliphatic rings. The van der Waals surface area contributed by atoms with E-state index < -0.39 is 15.6 Å². The minimum absolute atomic E-state index is 0.103. The number of anilines is 1. The first kappa shape index (κ1) is 16.7. The molecule has 6 heteroatoms. The molecule has 22 heavy (non-hydrogen) atoms. The summed E-state index contributed by atoms with van der Waals surface area (Å²) in [5.41, 5.74) is 2.28. The standard InChI is InChI=1S/C16H22N2O3S/c1-10(2)14-12-9-11(22(20,21)17-16(3,4)5)7-8-13(12)18(6)15(14)19/h7-9,17H,1-6H3. The minimum atomic E-state index is -3.63. The molecule has 120 valence electrons. The molecule has 1 aliphatic heterocycles. The summed E-state index contributed by atoms with van der Waals surface area (Å²) in [5, 5.41) is 0. The van der Waals surface area contributed by atoms with Crippen molar-refractivity contribution in [1.29, 1.82) is 0 Å². The van der Waals surface area contributed by atoms with Crippen LogP contribution in [0, 0.1) is 0 Å². The first-order chi connectivity index (χ1) is 9.94. The first-order valence-corrected chi connectivity index (χ1v) is 8.56. The lowest BCUT2D eigenvalue weighted by atomic mass is 10.0. The molecular weight excluding hydrogens is 300 g/mol. The van der Waals surface area contributed by atoms with E-state index in [4.69, 9.17) is 0 Å². The topological polar surface area (TPSA) is 66.5 Å².